The smallest absolute Gasteiger partial charge is 0.335 e. The number of carboxylic acid groups (broad SMARTS) is 1. The normalized spacial score (nSPS) is 10.2. The van der Waals surface area contributed by atoms with Crippen LogP contribution >= 0.6 is 11.6 Å². The quantitative estimate of drug-likeness (QED) is 0.403. The molecule has 0 bridgehead atoms. The SMILES string of the molecule is COc1ccc(C(=O)N(CCC(=O)NCCN(C)C)c2cccc(Cl)c2)cc1.O=C(O)c1ccccc1[O-]. The first kappa shape index (κ1) is 30.1. The van der Waals surface area contributed by atoms with E-state index >= 15 is 0 Å². The summed E-state index contributed by atoms with van der Waals surface area (Å²) in [5, 5.41) is 22.4. The summed E-state index contributed by atoms with van der Waals surface area (Å²) >= 11 is 6.10. The van der Waals surface area contributed by atoms with Crippen LogP contribution in [-0.4, -0.2) is 68.6 Å². The lowest BCUT2D eigenvalue weighted by Crippen LogP contribution is -2.37. The number of hydrogen-bond donors (Lipinski definition) is 2. The minimum absolute atomic E-state index is 0.101. The summed E-state index contributed by atoms with van der Waals surface area (Å²) in [6.07, 6.45) is 0.196. The number of rotatable bonds is 10. The molecule has 0 aromatic heterocycles. The van der Waals surface area contributed by atoms with E-state index in [2.05, 4.69) is 5.32 Å². The Balaban J connectivity index is 0.000000423. The lowest BCUT2D eigenvalue weighted by Gasteiger charge is -2.23. The number of hydrogen-bond acceptors (Lipinski definition) is 6. The molecule has 0 aliphatic heterocycles. The zero-order valence-corrected chi connectivity index (χ0v) is 22.3. The molecule has 2 amide bonds. The third-order valence-electron chi connectivity index (χ3n) is 5.26. The highest BCUT2D eigenvalue weighted by Crippen LogP contribution is 2.23. The topological polar surface area (TPSA) is 122 Å². The van der Waals surface area contributed by atoms with Crippen LogP contribution in [0.2, 0.25) is 5.02 Å². The van der Waals surface area contributed by atoms with Crippen molar-refractivity contribution in [1.29, 1.82) is 0 Å². The van der Waals surface area contributed by atoms with Crippen molar-refractivity contribution in [3.8, 4) is 11.5 Å². The monoisotopic (exact) mass is 540 g/mol. The van der Waals surface area contributed by atoms with Gasteiger partial charge in [0.25, 0.3) is 5.91 Å². The minimum Gasteiger partial charge on any atom is -0.872 e. The van der Waals surface area contributed by atoms with Gasteiger partial charge >= 0.3 is 5.97 Å². The Bertz CT molecular complexity index is 1220. The van der Waals surface area contributed by atoms with Crippen molar-refractivity contribution in [3.63, 3.8) is 0 Å². The van der Waals surface area contributed by atoms with Gasteiger partial charge in [-0.15, -0.1) is 0 Å². The summed E-state index contributed by atoms with van der Waals surface area (Å²) < 4.78 is 5.14. The average molecular weight is 541 g/mol. The Labute approximate surface area is 227 Å². The van der Waals surface area contributed by atoms with Crippen LogP contribution in [0.3, 0.4) is 0 Å². The molecule has 3 aromatic rings. The molecule has 3 rings (SSSR count). The highest BCUT2D eigenvalue weighted by atomic mass is 35.5. The van der Waals surface area contributed by atoms with E-state index in [1.54, 1.807) is 60.5 Å². The van der Waals surface area contributed by atoms with Crippen molar-refractivity contribution in [2.24, 2.45) is 0 Å². The fourth-order valence-corrected chi connectivity index (χ4v) is 3.43. The van der Waals surface area contributed by atoms with E-state index < -0.39 is 11.7 Å². The van der Waals surface area contributed by atoms with Gasteiger partial charge < -0.3 is 30.1 Å². The second-order valence-electron chi connectivity index (χ2n) is 8.37. The zero-order chi connectivity index (χ0) is 28.1. The molecule has 0 aliphatic rings. The lowest BCUT2D eigenvalue weighted by atomic mass is 10.1. The number of carbonyl (C=O) groups is 3. The van der Waals surface area contributed by atoms with Gasteiger partial charge in [0.05, 0.1) is 12.7 Å². The van der Waals surface area contributed by atoms with E-state index in [-0.39, 0.29) is 30.3 Å². The van der Waals surface area contributed by atoms with Crippen molar-refractivity contribution < 1.29 is 29.3 Å². The number of para-hydroxylation sites is 1. The number of benzene rings is 3. The van der Waals surface area contributed by atoms with Crippen LogP contribution in [0.15, 0.2) is 72.8 Å². The molecule has 3 aromatic carbocycles. The van der Waals surface area contributed by atoms with E-state index in [1.807, 2.05) is 19.0 Å². The predicted molar refractivity (Wildman–Crippen MR) is 145 cm³/mol. The van der Waals surface area contributed by atoms with Crippen LogP contribution in [-0.2, 0) is 4.79 Å². The molecule has 0 unspecified atom stereocenters. The first-order chi connectivity index (χ1) is 18.1. The summed E-state index contributed by atoms with van der Waals surface area (Å²) in [7, 11) is 5.46. The Morgan fingerprint density at radius 2 is 1.66 bits per heavy atom. The maximum atomic E-state index is 13.1. The third-order valence-corrected chi connectivity index (χ3v) is 5.50. The van der Waals surface area contributed by atoms with Gasteiger partial charge in [-0.2, -0.15) is 0 Å². The van der Waals surface area contributed by atoms with Gasteiger partial charge in [-0.3, -0.25) is 9.59 Å². The Kier molecular flexibility index (Phi) is 12.1. The second-order valence-corrected chi connectivity index (χ2v) is 8.81. The summed E-state index contributed by atoms with van der Waals surface area (Å²) in [4.78, 5) is 39.0. The van der Waals surface area contributed by atoms with E-state index in [0.29, 0.717) is 28.6 Å². The highest BCUT2D eigenvalue weighted by molar-refractivity contribution is 6.31. The molecule has 0 radical (unpaired) electrons. The van der Waals surface area contributed by atoms with Crippen molar-refractivity contribution in [1.82, 2.24) is 10.2 Å². The van der Waals surface area contributed by atoms with Gasteiger partial charge in [0.2, 0.25) is 5.91 Å². The number of amides is 2. The molecule has 10 heteroatoms. The molecule has 202 valence electrons. The van der Waals surface area contributed by atoms with Crippen molar-refractivity contribution >= 4 is 35.1 Å². The zero-order valence-electron chi connectivity index (χ0n) is 21.5. The number of nitrogens with zero attached hydrogens (tertiary/aromatic N) is 2. The maximum Gasteiger partial charge on any atom is 0.335 e. The molecule has 2 N–H and O–H groups in total. The Morgan fingerprint density at radius 3 is 2.21 bits per heavy atom. The highest BCUT2D eigenvalue weighted by Gasteiger charge is 2.19. The number of likely N-dealkylation sites (N-methyl/N-ethyl adjacent to an activating group) is 1. The van der Waals surface area contributed by atoms with Crippen LogP contribution < -0.4 is 20.1 Å². The van der Waals surface area contributed by atoms with Gasteiger partial charge in [-0.25, -0.2) is 4.79 Å². The molecule has 0 spiro atoms. The summed E-state index contributed by atoms with van der Waals surface area (Å²) in [6.45, 7) is 1.57. The first-order valence-corrected chi connectivity index (χ1v) is 12.1. The summed E-state index contributed by atoms with van der Waals surface area (Å²) in [5.41, 5.74) is 0.978. The number of anilines is 1. The maximum absolute atomic E-state index is 13.1. The summed E-state index contributed by atoms with van der Waals surface area (Å²) in [5.74, 6) is -1.26. The molecule has 0 heterocycles. The molecule has 0 saturated carbocycles. The number of methoxy groups -OCH3 is 1. The number of carbonyl (C=O) groups excluding carboxylic acids is 2. The molecule has 0 saturated heterocycles. The van der Waals surface area contributed by atoms with Gasteiger partial charge in [0.1, 0.15) is 5.75 Å². The van der Waals surface area contributed by atoms with Crippen molar-refractivity contribution in [2.75, 3.05) is 45.7 Å². The van der Waals surface area contributed by atoms with Gasteiger partial charge in [0.15, 0.2) is 0 Å². The molecule has 0 aliphatic carbocycles. The molecule has 0 fully saturated rings. The first-order valence-electron chi connectivity index (χ1n) is 11.7. The Hall–Kier alpha value is -4.08. The number of carboxylic acids is 1. The number of nitrogens with one attached hydrogen (secondary N) is 1. The minimum atomic E-state index is -1.18. The number of halogens is 1. The van der Waals surface area contributed by atoms with Crippen LogP contribution in [0.1, 0.15) is 27.1 Å². The van der Waals surface area contributed by atoms with Gasteiger partial charge in [-0.1, -0.05) is 41.6 Å². The van der Waals surface area contributed by atoms with Gasteiger partial charge in [0, 0.05) is 42.3 Å². The van der Waals surface area contributed by atoms with E-state index in [9.17, 15) is 19.5 Å². The van der Waals surface area contributed by atoms with E-state index in [4.69, 9.17) is 21.4 Å². The molecular formula is C28H31ClN3O6-. The molecular weight excluding hydrogens is 510 g/mol. The largest absolute Gasteiger partial charge is 0.872 e. The number of aromatic carboxylic acids is 1. The predicted octanol–water partition coefficient (Wildman–Crippen LogP) is 3.52. The van der Waals surface area contributed by atoms with Crippen molar-refractivity contribution in [2.45, 2.75) is 6.42 Å². The van der Waals surface area contributed by atoms with Gasteiger partial charge in [-0.05, 0) is 62.6 Å². The van der Waals surface area contributed by atoms with E-state index in [1.165, 1.54) is 24.3 Å². The van der Waals surface area contributed by atoms with Crippen LogP contribution in [0.4, 0.5) is 5.69 Å². The summed E-state index contributed by atoms with van der Waals surface area (Å²) in [6, 6.07) is 19.5. The fourth-order valence-electron chi connectivity index (χ4n) is 3.25. The van der Waals surface area contributed by atoms with Crippen LogP contribution in [0.5, 0.6) is 11.5 Å². The molecule has 38 heavy (non-hydrogen) atoms. The third kappa shape index (κ3) is 9.76. The van der Waals surface area contributed by atoms with Crippen molar-refractivity contribution in [3.05, 3.63) is 88.9 Å². The van der Waals surface area contributed by atoms with E-state index in [0.717, 1.165) is 6.54 Å². The van der Waals surface area contributed by atoms with Crippen LogP contribution in [0.25, 0.3) is 0 Å². The average Bonchev–Trinajstić information content (AvgIpc) is 2.89. The standard InChI is InChI=1S/C21H26ClN3O3.C7H6O3/c1-24(2)14-12-23-20(26)11-13-25(18-6-4-5-17(22)15-18)21(27)16-7-9-19(28-3)10-8-16;8-6-4-2-1-3-5(6)7(9)10/h4-10,15H,11-14H2,1-3H3,(H,23,26);1-4,8H,(H,9,10)/p-1. The lowest BCUT2D eigenvalue weighted by molar-refractivity contribution is -0.268. The number of ether oxygens (including phenoxy) is 1. The second kappa shape index (κ2) is 15.2. The van der Waals surface area contributed by atoms with Crippen LogP contribution in [0, 0.1) is 0 Å². The molecule has 0 atom stereocenters. The molecule has 9 nitrogen and oxygen atoms in total. The Morgan fingerprint density at radius 1 is 0.974 bits per heavy atom. The fraction of sp³-hybridized carbons (Fsp3) is 0.250.